The maximum atomic E-state index is 13.8. The third-order valence-corrected chi connectivity index (χ3v) is 7.55. The maximum Gasteiger partial charge on any atom is 0.243 e. The molecule has 0 saturated carbocycles. The summed E-state index contributed by atoms with van der Waals surface area (Å²) in [6, 6.07) is 10.4. The number of ether oxygens (including phenoxy) is 1. The largest absolute Gasteiger partial charge is 0.494 e. The van der Waals surface area contributed by atoms with Crippen LogP contribution in [-0.4, -0.2) is 37.8 Å². The molecule has 1 amide bonds. The summed E-state index contributed by atoms with van der Waals surface area (Å²) >= 11 is 0. The normalized spacial score (nSPS) is 20.0. The number of nitrogens with one attached hydrogen (secondary N) is 1. The number of hydrogen-bond acceptors (Lipinski definition) is 4. The minimum atomic E-state index is -3.60. The van der Waals surface area contributed by atoms with Gasteiger partial charge in [0.05, 0.1) is 18.4 Å². The summed E-state index contributed by atoms with van der Waals surface area (Å²) in [6.45, 7) is 3.87. The minimum Gasteiger partial charge on any atom is -0.494 e. The molecule has 1 aliphatic rings. The molecule has 2 aromatic carbocycles. The van der Waals surface area contributed by atoms with Gasteiger partial charge in [0.25, 0.3) is 0 Å². The molecular weight excluding hydrogens is 407 g/mol. The molecule has 6 nitrogen and oxygen atoms in total. The number of carbonyl (C=O) groups excluding carboxylic acids is 1. The summed E-state index contributed by atoms with van der Waals surface area (Å²) in [5.41, 5.74) is 0.991. The zero-order valence-corrected chi connectivity index (χ0v) is 18.2. The monoisotopic (exact) mass is 434 g/mol. The molecule has 162 valence electrons. The third kappa shape index (κ3) is 4.82. The highest BCUT2D eigenvalue weighted by atomic mass is 32.2. The van der Waals surface area contributed by atoms with Crippen molar-refractivity contribution in [1.29, 1.82) is 0 Å². The molecule has 3 rings (SSSR count). The van der Waals surface area contributed by atoms with Crippen LogP contribution in [0.3, 0.4) is 0 Å². The molecular formula is C22H27FN2O4S. The van der Waals surface area contributed by atoms with Crippen LogP contribution in [0.25, 0.3) is 0 Å². The van der Waals surface area contributed by atoms with E-state index in [1.54, 1.807) is 22.5 Å². The number of amides is 1. The molecule has 0 aliphatic carbocycles. The van der Waals surface area contributed by atoms with E-state index in [-0.39, 0.29) is 35.1 Å². The number of rotatable bonds is 6. The Hall–Kier alpha value is -2.45. The van der Waals surface area contributed by atoms with Gasteiger partial charge in [-0.2, -0.15) is 4.31 Å². The summed E-state index contributed by atoms with van der Waals surface area (Å²) in [5.74, 6) is -0.736. The van der Waals surface area contributed by atoms with E-state index in [2.05, 4.69) is 5.32 Å². The Bertz CT molecular complexity index is 998. The first-order valence-electron chi connectivity index (χ1n) is 9.98. The number of methoxy groups -OCH3 is 1. The van der Waals surface area contributed by atoms with E-state index in [1.807, 2.05) is 13.8 Å². The second-order valence-corrected chi connectivity index (χ2v) is 9.53. The summed E-state index contributed by atoms with van der Waals surface area (Å²) in [5, 5.41) is 2.71. The molecule has 1 heterocycles. The average Bonchev–Trinajstić information content (AvgIpc) is 2.68. The fourth-order valence-electron chi connectivity index (χ4n) is 3.91. The first kappa shape index (κ1) is 22.2. The van der Waals surface area contributed by atoms with Crippen molar-refractivity contribution >= 4 is 21.6 Å². The number of sulfonamides is 1. The van der Waals surface area contributed by atoms with E-state index in [0.717, 1.165) is 19.3 Å². The summed E-state index contributed by atoms with van der Waals surface area (Å²) in [4.78, 5) is 12.5. The molecule has 2 atom stereocenters. The second-order valence-electron chi connectivity index (χ2n) is 7.68. The van der Waals surface area contributed by atoms with Crippen molar-refractivity contribution in [1.82, 2.24) is 4.31 Å². The van der Waals surface area contributed by atoms with E-state index in [1.165, 1.54) is 31.4 Å². The molecule has 2 unspecified atom stereocenters. The predicted octanol–water partition coefficient (Wildman–Crippen LogP) is 3.97. The quantitative estimate of drug-likeness (QED) is 0.747. The SMILES string of the molecule is COc1ccc(CC(=O)Nc2ccc(S(=O)(=O)N3C(C)CCCC3C)cc2)cc1F. The maximum absolute atomic E-state index is 13.8. The lowest BCUT2D eigenvalue weighted by Crippen LogP contribution is -2.47. The smallest absolute Gasteiger partial charge is 0.243 e. The number of carbonyl (C=O) groups is 1. The first-order valence-corrected chi connectivity index (χ1v) is 11.4. The van der Waals surface area contributed by atoms with Gasteiger partial charge in [-0.05, 0) is 68.7 Å². The minimum absolute atomic E-state index is 0.0101. The van der Waals surface area contributed by atoms with Crippen molar-refractivity contribution < 1.29 is 22.3 Å². The molecule has 1 saturated heterocycles. The molecule has 0 spiro atoms. The standard InChI is InChI=1S/C22H27FN2O4S/c1-15-5-4-6-16(2)25(15)30(27,28)19-10-8-18(9-11-19)24-22(26)14-17-7-12-21(29-3)20(23)13-17/h7-13,15-16H,4-6,14H2,1-3H3,(H,24,26). The molecule has 1 aliphatic heterocycles. The number of piperidine rings is 1. The van der Waals surface area contributed by atoms with Crippen LogP contribution < -0.4 is 10.1 Å². The van der Waals surface area contributed by atoms with Gasteiger partial charge in [-0.3, -0.25) is 4.79 Å². The van der Waals surface area contributed by atoms with Crippen molar-refractivity contribution in [2.24, 2.45) is 0 Å². The molecule has 8 heteroatoms. The van der Waals surface area contributed by atoms with Gasteiger partial charge < -0.3 is 10.1 Å². The second kappa shape index (κ2) is 9.14. The fraction of sp³-hybridized carbons (Fsp3) is 0.409. The van der Waals surface area contributed by atoms with Gasteiger partial charge in [0.1, 0.15) is 0 Å². The number of halogens is 1. The number of nitrogens with zero attached hydrogens (tertiary/aromatic N) is 1. The average molecular weight is 435 g/mol. The zero-order valence-electron chi connectivity index (χ0n) is 17.4. The van der Waals surface area contributed by atoms with Gasteiger partial charge in [-0.15, -0.1) is 0 Å². The molecule has 2 aromatic rings. The van der Waals surface area contributed by atoms with Gasteiger partial charge in [0, 0.05) is 17.8 Å². The molecule has 30 heavy (non-hydrogen) atoms. The molecule has 1 N–H and O–H groups in total. The van der Waals surface area contributed by atoms with Crippen molar-refractivity contribution in [2.45, 2.75) is 56.5 Å². The van der Waals surface area contributed by atoms with Crippen molar-refractivity contribution in [2.75, 3.05) is 12.4 Å². The fourth-order valence-corrected chi connectivity index (χ4v) is 5.80. The van der Waals surface area contributed by atoms with Crippen molar-refractivity contribution in [3.8, 4) is 5.75 Å². The van der Waals surface area contributed by atoms with Crippen LogP contribution in [0, 0.1) is 5.82 Å². The third-order valence-electron chi connectivity index (χ3n) is 5.41. The van der Waals surface area contributed by atoms with Crippen LogP contribution in [0.4, 0.5) is 10.1 Å². The molecule has 0 aromatic heterocycles. The summed E-state index contributed by atoms with van der Waals surface area (Å²) < 4.78 is 46.3. The van der Waals surface area contributed by atoms with Gasteiger partial charge >= 0.3 is 0 Å². The first-order chi connectivity index (χ1) is 14.2. The van der Waals surface area contributed by atoms with E-state index >= 15 is 0 Å². The Labute approximate surface area is 177 Å². The number of hydrogen-bond donors (Lipinski definition) is 1. The Balaban J connectivity index is 1.68. The number of anilines is 1. The van der Waals surface area contributed by atoms with E-state index in [9.17, 15) is 17.6 Å². The molecule has 1 fully saturated rings. The highest BCUT2D eigenvalue weighted by Gasteiger charge is 2.35. The van der Waals surface area contributed by atoms with Gasteiger partial charge in [0.2, 0.25) is 15.9 Å². The predicted molar refractivity (Wildman–Crippen MR) is 114 cm³/mol. The van der Waals surface area contributed by atoms with Crippen LogP contribution in [0.15, 0.2) is 47.4 Å². The van der Waals surface area contributed by atoms with Crippen LogP contribution >= 0.6 is 0 Å². The Kier molecular flexibility index (Phi) is 6.77. The van der Waals surface area contributed by atoms with Gasteiger partial charge in [0.15, 0.2) is 11.6 Å². The van der Waals surface area contributed by atoms with Crippen LogP contribution in [-0.2, 0) is 21.2 Å². The lowest BCUT2D eigenvalue weighted by Gasteiger charge is -2.37. The van der Waals surface area contributed by atoms with Crippen LogP contribution in [0.2, 0.25) is 0 Å². The van der Waals surface area contributed by atoms with E-state index < -0.39 is 15.8 Å². The molecule has 0 bridgehead atoms. The van der Waals surface area contributed by atoms with Crippen LogP contribution in [0.5, 0.6) is 5.75 Å². The van der Waals surface area contributed by atoms with Gasteiger partial charge in [-0.25, -0.2) is 12.8 Å². The number of benzene rings is 2. The van der Waals surface area contributed by atoms with Crippen molar-refractivity contribution in [3.63, 3.8) is 0 Å². The van der Waals surface area contributed by atoms with Crippen molar-refractivity contribution in [3.05, 3.63) is 53.8 Å². The highest BCUT2D eigenvalue weighted by molar-refractivity contribution is 7.89. The van der Waals surface area contributed by atoms with E-state index in [0.29, 0.717) is 11.3 Å². The van der Waals surface area contributed by atoms with Crippen LogP contribution in [0.1, 0.15) is 38.7 Å². The Morgan fingerprint density at radius 1 is 1.13 bits per heavy atom. The lowest BCUT2D eigenvalue weighted by atomic mass is 10.0. The lowest BCUT2D eigenvalue weighted by molar-refractivity contribution is -0.115. The Morgan fingerprint density at radius 2 is 1.77 bits per heavy atom. The highest BCUT2D eigenvalue weighted by Crippen LogP contribution is 2.30. The molecule has 0 radical (unpaired) electrons. The zero-order chi connectivity index (χ0) is 21.9. The Morgan fingerprint density at radius 3 is 2.33 bits per heavy atom. The topological polar surface area (TPSA) is 75.7 Å². The van der Waals surface area contributed by atoms with Gasteiger partial charge in [-0.1, -0.05) is 12.5 Å². The van der Waals surface area contributed by atoms with E-state index in [4.69, 9.17) is 4.74 Å². The summed E-state index contributed by atoms with van der Waals surface area (Å²) in [6.07, 6.45) is 2.72. The summed E-state index contributed by atoms with van der Waals surface area (Å²) in [7, 11) is -2.22.